The molecule has 1 aromatic carbocycles. The lowest BCUT2D eigenvalue weighted by molar-refractivity contribution is -0.145. The lowest BCUT2D eigenvalue weighted by atomic mass is 10.0. The van der Waals surface area contributed by atoms with Gasteiger partial charge in [0.15, 0.2) is 6.04 Å². The molecule has 9 N–H and O–H groups in total. The largest absolute Gasteiger partial charge is 0.480 e. The number of rotatable bonds is 12. The van der Waals surface area contributed by atoms with Gasteiger partial charge < -0.3 is 41.9 Å². The first-order valence-corrected chi connectivity index (χ1v) is 11.7. The number of carboxylic acids is 1. The summed E-state index contributed by atoms with van der Waals surface area (Å²) in [4.78, 5) is 60.2. The van der Waals surface area contributed by atoms with Gasteiger partial charge >= 0.3 is 5.97 Å². The van der Waals surface area contributed by atoms with E-state index < -0.39 is 54.0 Å². The summed E-state index contributed by atoms with van der Waals surface area (Å²) < 4.78 is 0. The highest BCUT2D eigenvalue weighted by Gasteiger charge is 2.32. The summed E-state index contributed by atoms with van der Waals surface area (Å²) >= 11 is 0. The van der Waals surface area contributed by atoms with Gasteiger partial charge in [0.05, 0.1) is 18.5 Å². The minimum Gasteiger partial charge on any atom is -0.480 e. The topological polar surface area (TPSA) is 215 Å². The number of aromatic amines is 2. The molecule has 0 saturated heterocycles. The molecule has 3 aromatic rings. The predicted molar refractivity (Wildman–Crippen MR) is 133 cm³/mol. The van der Waals surface area contributed by atoms with E-state index in [0.717, 1.165) is 16.5 Å². The van der Waals surface area contributed by atoms with Crippen LogP contribution in [0.25, 0.3) is 10.9 Å². The first kappa shape index (κ1) is 27.4. The number of nitrogens with zero attached hydrogens (tertiary/aromatic N) is 1. The van der Waals surface area contributed by atoms with Crippen LogP contribution < -0.4 is 21.7 Å². The van der Waals surface area contributed by atoms with E-state index in [9.17, 15) is 29.4 Å². The molecular formula is C24H31N7O6. The maximum Gasteiger partial charge on any atom is 0.328 e. The first-order valence-electron chi connectivity index (χ1n) is 11.7. The van der Waals surface area contributed by atoms with Gasteiger partial charge in [0.25, 0.3) is 0 Å². The fourth-order valence-corrected chi connectivity index (χ4v) is 3.77. The lowest BCUT2D eigenvalue weighted by Gasteiger charge is -2.25. The number of fused-ring (bicyclic) bond motifs is 1. The van der Waals surface area contributed by atoms with Crippen molar-refractivity contribution < 1.29 is 29.4 Å². The van der Waals surface area contributed by atoms with Gasteiger partial charge in [0, 0.05) is 41.8 Å². The summed E-state index contributed by atoms with van der Waals surface area (Å²) in [5.41, 5.74) is 7.80. The average molecular weight is 514 g/mol. The highest BCUT2D eigenvalue weighted by Crippen LogP contribution is 2.19. The highest BCUT2D eigenvalue weighted by molar-refractivity contribution is 5.95. The van der Waals surface area contributed by atoms with E-state index in [1.54, 1.807) is 6.20 Å². The van der Waals surface area contributed by atoms with Gasteiger partial charge in [-0.2, -0.15) is 0 Å². The van der Waals surface area contributed by atoms with Crippen LogP contribution in [0.2, 0.25) is 0 Å². The van der Waals surface area contributed by atoms with Gasteiger partial charge in [-0.1, -0.05) is 18.2 Å². The van der Waals surface area contributed by atoms with Gasteiger partial charge in [0.1, 0.15) is 12.1 Å². The lowest BCUT2D eigenvalue weighted by Crippen LogP contribution is -2.59. The summed E-state index contributed by atoms with van der Waals surface area (Å²) in [7, 11) is 0. The number of hydrogen-bond acceptors (Lipinski definition) is 7. The van der Waals surface area contributed by atoms with Crippen molar-refractivity contribution >= 4 is 34.6 Å². The van der Waals surface area contributed by atoms with Gasteiger partial charge in [0.2, 0.25) is 17.7 Å². The van der Waals surface area contributed by atoms with Crippen molar-refractivity contribution in [2.75, 3.05) is 0 Å². The number of carboxylic acid groups (broad SMARTS) is 1. The smallest absolute Gasteiger partial charge is 0.328 e. The molecule has 5 atom stereocenters. The van der Waals surface area contributed by atoms with E-state index >= 15 is 0 Å². The molecule has 0 saturated carbocycles. The van der Waals surface area contributed by atoms with E-state index in [-0.39, 0.29) is 12.8 Å². The third-order valence-corrected chi connectivity index (χ3v) is 5.80. The molecule has 0 fully saturated rings. The van der Waals surface area contributed by atoms with E-state index in [1.165, 1.54) is 26.4 Å². The van der Waals surface area contributed by atoms with Gasteiger partial charge in [-0.05, 0) is 25.5 Å². The Bertz CT molecular complexity index is 1240. The van der Waals surface area contributed by atoms with Crippen molar-refractivity contribution in [3.63, 3.8) is 0 Å². The van der Waals surface area contributed by atoms with E-state index in [1.807, 2.05) is 24.3 Å². The summed E-state index contributed by atoms with van der Waals surface area (Å²) in [6, 6.07) is 2.65. The standard InChI is InChI=1S/C24H31N7O6/c1-12(25)21(33)29-18(7-14-9-27-17-6-4-3-5-16(14)17)22(34)30-19(8-15-10-26-11-28-15)23(35)31-20(13(2)32)24(36)37/h3-6,9-13,18-20,27,32H,7-8,25H2,1-2H3,(H,26,28)(H,29,33)(H,30,34)(H,31,35)(H,36,37). The minimum absolute atomic E-state index is 0.0508. The molecule has 0 bridgehead atoms. The van der Waals surface area contributed by atoms with E-state index in [0.29, 0.717) is 5.69 Å². The quantitative estimate of drug-likeness (QED) is 0.149. The Morgan fingerprint density at radius 2 is 1.62 bits per heavy atom. The van der Waals surface area contributed by atoms with E-state index in [2.05, 4.69) is 30.9 Å². The van der Waals surface area contributed by atoms with Gasteiger partial charge in [-0.15, -0.1) is 0 Å². The average Bonchev–Trinajstić information content (AvgIpc) is 3.51. The second-order valence-electron chi connectivity index (χ2n) is 8.82. The monoisotopic (exact) mass is 513 g/mol. The molecule has 0 aliphatic rings. The zero-order chi connectivity index (χ0) is 27.1. The Morgan fingerprint density at radius 3 is 2.24 bits per heavy atom. The van der Waals surface area contributed by atoms with Crippen LogP contribution in [0, 0.1) is 0 Å². The number of aliphatic hydroxyl groups excluding tert-OH is 1. The van der Waals surface area contributed by atoms with Gasteiger partial charge in [-0.3, -0.25) is 14.4 Å². The summed E-state index contributed by atoms with van der Waals surface area (Å²) in [6.45, 7) is 2.70. The third-order valence-electron chi connectivity index (χ3n) is 5.80. The number of aromatic nitrogens is 3. The van der Waals surface area contributed by atoms with Crippen molar-refractivity contribution in [3.05, 3.63) is 54.2 Å². The number of para-hydroxylation sites is 1. The number of carbonyl (C=O) groups is 4. The van der Waals surface area contributed by atoms with Crippen molar-refractivity contribution in [2.45, 2.75) is 57.0 Å². The molecule has 0 aliphatic heterocycles. The van der Waals surface area contributed by atoms with Crippen LogP contribution in [-0.2, 0) is 32.0 Å². The molecular weight excluding hydrogens is 482 g/mol. The number of amides is 3. The van der Waals surface area contributed by atoms with Crippen molar-refractivity contribution in [1.29, 1.82) is 0 Å². The molecule has 13 nitrogen and oxygen atoms in total. The molecule has 2 heterocycles. The van der Waals surface area contributed by atoms with Crippen LogP contribution >= 0.6 is 0 Å². The van der Waals surface area contributed by atoms with E-state index in [4.69, 9.17) is 5.73 Å². The Labute approximate surface area is 212 Å². The van der Waals surface area contributed by atoms with Crippen LogP contribution in [-0.4, -0.2) is 79.1 Å². The summed E-state index contributed by atoms with van der Waals surface area (Å²) in [5.74, 6) is -3.51. The molecule has 3 rings (SSSR count). The van der Waals surface area contributed by atoms with Crippen molar-refractivity contribution in [1.82, 2.24) is 30.9 Å². The molecule has 198 valence electrons. The predicted octanol–water partition coefficient (Wildman–Crippen LogP) is -1.06. The molecule has 0 radical (unpaired) electrons. The zero-order valence-electron chi connectivity index (χ0n) is 20.4. The minimum atomic E-state index is -1.59. The maximum atomic E-state index is 13.4. The molecule has 0 spiro atoms. The molecule has 2 aromatic heterocycles. The Morgan fingerprint density at radius 1 is 0.973 bits per heavy atom. The second-order valence-corrected chi connectivity index (χ2v) is 8.82. The third kappa shape index (κ3) is 7.15. The number of aliphatic hydroxyl groups is 1. The molecule has 37 heavy (non-hydrogen) atoms. The number of H-pyrrole nitrogens is 2. The molecule has 3 amide bonds. The number of imidazole rings is 1. The number of benzene rings is 1. The van der Waals surface area contributed by atoms with Gasteiger partial charge in [-0.25, -0.2) is 9.78 Å². The number of carbonyl (C=O) groups excluding carboxylic acids is 3. The van der Waals surface area contributed by atoms with Crippen LogP contribution in [0.15, 0.2) is 43.0 Å². The Balaban J connectivity index is 1.86. The fourth-order valence-electron chi connectivity index (χ4n) is 3.77. The molecule has 5 unspecified atom stereocenters. The highest BCUT2D eigenvalue weighted by atomic mass is 16.4. The number of nitrogens with one attached hydrogen (secondary N) is 5. The number of nitrogens with two attached hydrogens (primary N) is 1. The number of aliphatic carboxylic acids is 1. The first-order chi connectivity index (χ1) is 17.6. The van der Waals surface area contributed by atoms with Crippen molar-refractivity contribution in [3.8, 4) is 0 Å². The summed E-state index contributed by atoms with van der Waals surface area (Å²) in [6.07, 6.45) is 3.24. The van der Waals surface area contributed by atoms with Crippen LogP contribution in [0.3, 0.4) is 0 Å². The fraction of sp³-hybridized carbons (Fsp3) is 0.375. The molecule has 13 heteroatoms. The number of hydrogen-bond donors (Lipinski definition) is 8. The zero-order valence-corrected chi connectivity index (χ0v) is 20.4. The second kappa shape index (κ2) is 12.1. The normalized spacial score (nSPS) is 15.2. The Hall–Kier alpha value is -4.23. The SMILES string of the molecule is CC(N)C(=O)NC(Cc1c[nH]c2ccccc12)C(=O)NC(Cc1cnc[nH]1)C(=O)NC(C(=O)O)C(C)O. The summed E-state index contributed by atoms with van der Waals surface area (Å²) in [5, 5.41) is 27.4. The van der Waals surface area contributed by atoms with Crippen molar-refractivity contribution in [2.24, 2.45) is 5.73 Å². The molecule has 0 aliphatic carbocycles. The van der Waals surface area contributed by atoms with Crippen LogP contribution in [0.5, 0.6) is 0 Å². The Kier molecular flexibility index (Phi) is 8.98. The maximum absolute atomic E-state index is 13.4. The van der Waals surface area contributed by atoms with Crippen LogP contribution in [0.4, 0.5) is 0 Å². The van der Waals surface area contributed by atoms with Crippen LogP contribution in [0.1, 0.15) is 25.1 Å².